The molecule has 0 aliphatic carbocycles. The van der Waals surface area contributed by atoms with Gasteiger partial charge in [-0.2, -0.15) is 0 Å². The number of nitrogens with zero attached hydrogens (tertiary/aromatic N) is 1. The fourth-order valence-corrected chi connectivity index (χ4v) is 3.99. The van der Waals surface area contributed by atoms with Crippen LogP contribution in [0.3, 0.4) is 0 Å². The van der Waals surface area contributed by atoms with Crippen molar-refractivity contribution < 1.29 is 33.6 Å². The van der Waals surface area contributed by atoms with Crippen LogP contribution < -0.4 is 9.47 Å². The lowest BCUT2D eigenvalue weighted by atomic mass is 10.1. The fraction of sp³-hybridized carbons (Fsp3) is 0.240. The molecule has 0 fully saturated rings. The number of benzene rings is 2. The van der Waals surface area contributed by atoms with Crippen LogP contribution in [-0.4, -0.2) is 49.0 Å². The molecule has 0 saturated carbocycles. The highest BCUT2D eigenvalue weighted by Crippen LogP contribution is 2.41. The lowest BCUT2D eigenvalue weighted by molar-refractivity contribution is -0.143. The van der Waals surface area contributed by atoms with Gasteiger partial charge in [-0.15, -0.1) is 0 Å². The number of carbonyl (C=O) groups excluding carboxylic acids is 2. The Balaban J connectivity index is 1.96. The number of aliphatic hydroxyl groups excluding tert-OH is 1. The Morgan fingerprint density at radius 3 is 2.44 bits per heavy atom. The molecule has 0 spiro atoms. The molecule has 2 aromatic rings. The summed E-state index contributed by atoms with van der Waals surface area (Å²) in [4.78, 5) is 29.0. The molecule has 0 amide bonds. The summed E-state index contributed by atoms with van der Waals surface area (Å²) in [5.41, 5.74) is 1.18. The smallest absolute Gasteiger partial charge is 0.344 e. The summed E-state index contributed by atoms with van der Waals surface area (Å²) in [5.74, 6) is -0.302. The molecular formula is C25H25NO7S. The van der Waals surface area contributed by atoms with E-state index in [0.717, 1.165) is 11.8 Å². The zero-order valence-electron chi connectivity index (χ0n) is 19.1. The van der Waals surface area contributed by atoms with Crippen LogP contribution in [0, 0.1) is 0 Å². The molecule has 1 aliphatic rings. The molecule has 0 bridgehead atoms. The van der Waals surface area contributed by atoms with Crippen LogP contribution in [0.15, 0.2) is 69.8 Å². The second-order valence-corrected chi connectivity index (χ2v) is 7.83. The summed E-state index contributed by atoms with van der Waals surface area (Å²) in [6.07, 6.45) is 1.66. The maximum absolute atomic E-state index is 12.6. The van der Waals surface area contributed by atoms with Crippen molar-refractivity contribution in [1.82, 2.24) is 0 Å². The van der Waals surface area contributed by atoms with Gasteiger partial charge >= 0.3 is 11.9 Å². The van der Waals surface area contributed by atoms with Gasteiger partial charge in [0.2, 0.25) is 0 Å². The van der Waals surface area contributed by atoms with Crippen molar-refractivity contribution >= 4 is 40.5 Å². The van der Waals surface area contributed by atoms with Crippen LogP contribution in [-0.2, 0) is 19.1 Å². The summed E-state index contributed by atoms with van der Waals surface area (Å²) in [7, 11) is 1.28. The van der Waals surface area contributed by atoms with E-state index in [1.54, 1.807) is 61.5 Å². The third-order valence-corrected chi connectivity index (χ3v) is 5.55. The number of rotatable bonds is 9. The SMILES string of the molecule is CCOC(=O)C1=C(O)/C(=C/c2ccccc2OCC(=O)OC)SC1=Nc1ccc(OCC)cc1. The van der Waals surface area contributed by atoms with Crippen molar-refractivity contribution in [2.24, 2.45) is 4.99 Å². The van der Waals surface area contributed by atoms with Crippen molar-refractivity contribution in [1.29, 1.82) is 0 Å². The Hall–Kier alpha value is -3.72. The normalized spacial score (nSPS) is 15.5. The lowest BCUT2D eigenvalue weighted by Crippen LogP contribution is -2.13. The third kappa shape index (κ3) is 6.20. The maximum Gasteiger partial charge on any atom is 0.344 e. The number of para-hydroxylation sites is 1. The Labute approximate surface area is 201 Å². The van der Waals surface area contributed by atoms with E-state index in [1.165, 1.54) is 7.11 Å². The first kappa shape index (κ1) is 24.9. The highest BCUT2D eigenvalue weighted by molar-refractivity contribution is 8.18. The topological polar surface area (TPSA) is 104 Å². The van der Waals surface area contributed by atoms with E-state index in [9.17, 15) is 14.7 Å². The van der Waals surface area contributed by atoms with Crippen LogP contribution in [0.4, 0.5) is 5.69 Å². The van der Waals surface area contributed by atoms with Crippen molar-refractivity contribution in [3.05, 3.63) is 70.3 Å². The molecule has 0 radical (unpaired) electrons. The number of carbonyl (C=O) groups is 2. The van der Waals surface area contributed by atoms with Crippen molar-refractivity contribution in [3.8, 4) is 11.5 Å². The minimum Gasteiger partial charge on any atom is -0.506 e. The standard InChI is InChI=1S/C25H25NO7S/c1-4-31-18-12-10-17(11-13-18)26-24-22(25(29)32-5-2)23(28)20(34-24)14-16-8-6-7-9-19(16)33-15-21(27)30-3/h6-14,28H,4-5,15H2,1-3H3/b20-14-,26-24?. The summed E-state index contributed by atoms with van der Waals surface area (Å²) >= 11 is 1.13. The molecule has 0 unspecified atom stereocenters. The number of thioether (sulfide) groups is 1. The third-order valence-electron chi connectivity index (χ3n) is 4.53. The van der Waals surface area contributed by atoms with Crippen molar-refractivity contribution in [2.75, 3.05) is 26.9 Å². The first-order valence-corrected chi connectivity index (χ1v) is 11.4. The summed E-state index contributed by atoms with van der Waals surface area (Å²) in [6, 6.07) is 14.1. The lowest BCUT2D eigenvalue weighted by Gasteiger charge is -2.08. The van der Waals surface area contributed by atoms with Gasteiger partial charge in [0, 0.05) is 5.56 Å². The molecule has 0 atom stereocenters. The Morgan fingerprint density at radius 1 is 1.03 bits per heavy atom. The minimum absolute atomic E-state index is 0.0139. The molecule has 9 heteroatoms. The average Bonchev–Trinajstić information content (AvgIpc) is 3.14. The average molecular weight is 484 g/mol. The monoisotopic (exact) mass is 483 g/mol. The van der Waals surface area contributed by atoms with E-state index < -0.39 is 11.9 Å². The molecule has 1 heterocycles. The van der Waals surface area contributed by atoms with Crippen LogP contribution in [0.25, 0.3) is 6.08 Å². The second kappa shape index (κ2) is 11.9. The number of aliphatic imine (C=N–C) groups is 1. The van der Waals surface area contributed by atoms with Gasteiger partial charge in [0.25, 0.3) is 0 Å². The van der Waals surface area contributed by atoms with Crippen LogP contribution in [0.1, 0.15) is 19.4 Å². The number of aliphatic hydroxyl groups is 1. The maximum atomic E-state index is 12.6. The predicted molar refractivity (Wildman–Crippen MR) is 131 cm³/mol. The van der Waals surface area contributed by atoms with Gasteiger partial charge in [0.15, 0.2) is 6.61 Å². The van der Waals surface area contributed by atoms with Crippen LogP contribution in [0.2, 0.25) is 0 Å². The highest BCUT2D eigenvalue weighted by atomic mass is 32.2. The van der Waals surface area contributed by atoms with E-state index in [2.05, 4.69) is 9.73 Å². The van der Waals surface area contributed by atoms with E-state index in [0.29, 0.717) is 39.3 Å². The summed E-state index contributed by atoms with van der Waals surface area (Å²) in [6.45, 7) is 4.03. The molecule has 1 aliphatic heterocycles. The van der Waals surface area contributed by atoms with Gasteiger partial charge in [-0.1, -0.05) is 30.0 Å². The summed E-state index contributed by atoms with van der Waals surface area (Å²) < 4.78 is 20.7. The zero-order chi connectivity index (χ0) is 24.5. The van der Waals surface area contributed by atoms with Gasteiger partial charge in [-0.25, -0.2) is 14.6 Å². The highest BCUT2D eigenvalue weighted by Gasteiger charge is 2.33. The van der Waals surface area contributed by atoms with Gasteiger partial charge in [-0.05, 0) is 50.3 Å². The predicted octanol–water partition coefficient (Wildman–Crippen LogP) is 4.83. The molecule has 34 heavy (non-hydrogen) atoms. The number of ether oxygens (including phenoxy) is 4. The quantitative estimate of drug-likeness (QED) is 0.506. The number of hydrogen-bond donors (Lipinski definition) is 1. The van der Waals surface area contributed by atoms with Crippen molar-refractivity contribution in [2.45, 2.75) is 13.8 Å². The second-order valence-electron chi connectivity index (χ2n) is 6.80. The summed E-state index contributed by atoms with van der Waals surface area (Å²) in [5, 5.41) is 11.2. The van der Waals surface area contributed by atoms with Crippen LogP contribution in [0.5, 0.6) is 11.5 Å². The minimum atomic E-state index is -0.671. The molecule has 1 N–H and O–H groups in total. The molecular weight excluding hydrogens is 458 g/mol. The van der Waals surface area contributed by atoms with E-state index in [4.69, 9.17) is 14.2 Å². The number of hydrogen-bond acceptors (Lipinski definition) is 9. The molecule has 2 aromatic carbocycles. The van der Waals surface area contributed by atoms with Gasteiger partial charge < -0.3 is 24.1 Å². The molecule has 0 saturated heterocycles. The fourth-order valence-electron chi connectivity index (χ4n) is 2.96. The van der Waals surface area contributed by atoms with Gasteiger partial charge in [0.05, 0.1) is 30.9 Å². The molecule has 3 rings (SSSR count). The van der Waals surface area contributed by atoms with E-state index in [-0.39, 0.29) is 24.5 Å². The van der Waals surface area contributed by atoms with Crippen LogP contribution >= 0.6 is 11.8 Å². The van der Waals surface area contributed by atoms with Gasteiger partial charge in [0.1, 0.15) is 27.9 Å². The molecule has 178 valence electrons. The zero-order valence-corrected chi connectivity index (χ0v) is 19.9. The van der Waals surface area contributed by atoms with E-state index in [1.807, 2.05) is 6.92 Å². The number of methoxy groups -OCH3 is 1. The number of esters is 2. The largest absolute Gasteiger partial charge is 0.506 e. The first-order valence-electron chi connectivity index (χ1n) is 10.6. The van der Waals surface area contributed by atoms with E-state index >= 15 is 0 Å². The first-order chi connectivity index (χ1) is 16.5. The molecule has 0 aromatic heterocycles. The van der Waals surface area contributed by atoms with Crippen molar-refractivity contribution in [3.63, 3.8) is 0 Å². The Morgan fingerprint density at radius 2 is 1.76 bits per heavy atom. The Bertz CT molecular complexity index is 1140. The van der Waals surface area contributed by atoms with Gasteiger partial charge in [-0.3, -0.25) is 0 Å². The molecule has 8 nitrogen and oxygen atoms in total. The Kier molecular flexibility index (Phi) is 8.75.